The highest BCUT2D eigenvalue weighted by atomic mass is 16.5. The summed E-state index contributed by atoms with van der Waals surface area (Å²) < 4.78 is 5.02. The van der Waals surface area contributed by atoms with Crippen LogP contribution in [0.15, 0.2) is 0 Å². The first kappa shape index (κ1) is 11.5. The number of carbonyl (C=O) groups is 1. The summed E-state index contributed by atoms with van der Waals surface area (Å²) in [6, 6.07) is 0. The van der Waals surface area contributed by atoms with Crippen molar-refractivity contribution in [1.29, 1.82) is 0 Å². The molecule has 0 amide bonds. The summed E-state index contributed by atoms with van der Waals surface area (Å²) in [4.78, 5) is 11.8. The van der Waals surface area contributed by atoms with Crippen molar-refractivity contribution < 1.29 is 14.6 Å². The highest BCUT2D eigenvalue weighted by Gasteiger charge is 2.46. The van der Waals surface area contributed by atoms with E-state index in [0.717, 1.165) is 6.54 Å². The van der Waals surface area contributed by atoms with E-state index >= 15 is 0 Å². The Morgan fingerprint density at radius 1 is 1.64 bits per heavy atom. The van der Waals surface area contributed by atoms with Gasteiger partial charge in [0.15, 0.2) is 0 Å². The lowest BCUT2D eigenvalue weighted by atomic mass is 9.74. The molecule has 1 aliphatic heterocycles. The molecule has 1 aliphatic rings. The number of esters is 1. The zero-order chi connectivity index (χ0) is 10.6. The highest BCUT2D eigenvalue weighted by Crippen LogP contribution is 2.34. The molecule has 4 heteroatoms. The molecular weight excluding hydrogens is 182 g/mol. The molecule has 0 bridgehead atoms. The lowest BCUT2D eigenvalue weighted by Crippen LogP contribution is -2.53. The van der Waals surface area contributed by atoms with Gasteiger partial charge in [0.2, 0.25) is 0 Å². The summed E-state index contributed by atoms with van der Waals surface area (Å²) in [5, 5.41) is 12.9. The molecule has 14 heavy (non-hydrogen) atoms. The molecule has 0 radical (unpaired) electrons. The number of ether oxygens (including phenoxy) is 1. The summed E-state index contributed by atoms with van der Waals surface area (Å²) in [5.74, 6) is -0.253. The first-order valence-electron chi connectivity index (χ1n) is 5.23. The number of hydrogen-bond acceptors (Lipinski definition) is 4. The number of aliphatic hydroxyl groups is 1. The van der Waals surface area contributed by atoms with Gasteiger partial charge in [0, 0.05) is 6.54 Å². The molecule has 1 rings (SSSR count). The standard InChI is InChI=1S/C10H19NO3/c1-3-10(9(13)14-4-2)5-6-11-7-8(10)12/h8,11-12H,3-7H2,1-2H3. The van der Waals surface area contributed by atoms with Gasteiger partial charge in [-0.1, -0.05) is 6.92 Å². The average molecular weight is 201 g/mol. The molecule has 2 N–H and O–H groups in total. The number of aliphatic hydroxyl groups excluding tert-OH is 1. The molecule has 0 aliphatic carbocycles. The zero-order valence-corrected chi connectivity index (χ0v) is 8.88. The Labute approximate surface area is 84.6 Å². The van der Waals surface area contributed by atoms with Crippen molar-refractivity contribution in [3.63, 3.8) is 0 Å². The van der Waals surface area contributed by atoms with Gasteiger partial charge >= 0.3 is 5.97 Å². The second-order valence-electron chi connectivity index (χ2n) is 3.70. The van der Waals surface area contributed by atoms with E-state index in [9.17, 15) is 9.90 Å². The maximum atomic E-state index is 11.8. The van der Waals surface area contributed by atoms with Gasteiger partial charge in [0.1, 0.15) is 0 Å². The van der Waals surface area contributed by atoms with Crippen LogP contribution in [0.5, 0.6) is 0 Å². The van der Waals surface area contributed by atoms with Crippen LogP contribution in [0.2, 0.25) is 0 Å². The second-order valence-corrected chi connectivity index (χ2v) is 3.70. The molecule has 82 valence electrons. The van der Waals surface area contributed by atoms with Gasteiger partial charge in [0.25, 0.3) is 0 Å². The fourth-order valence-corrected chi connectivity index (χ4v) is 1.98. The van der Waals surface area contributed by atoms with Crippen molar-refractivity contribution in [3.05, 3.63) is 0 Å². The zero-order valence-electron chi connectivity index (χ0n) is 8.88. The van der Waals surface area contributed by atoms with Gasteiger partial charge in [0.05, 0.1) is 18.1 Å². The molecular formula is C10H19NO3. The molecule has 0 aromatic carbocycles. The fraction of sp³-hybridized carbons (Fsp3) is 0.900. The largest absolute Gasteiger partial charge is 0.465 e. The molecule has 0 saturated carbocycles. The molecule has 0 aromatic heterocycles. The molecule has 1 fully saturated rings. The number of β-amino-alcohol motifs (C(OH)–C–C–N with tert-alkyl or cyclic N) is 1. The molecule has 4 nitrogen and oxygen atoms in total. The van der Waals surface area contributed by atoms with E-state index in [1.165, 1.54) is 0 Å². The molecule has 1 heterocycles. The minimum absolute atomic E-state index is 0.253. The summed E-state index contributed by atoms with van der Waals surface area (Å²) in [5.41, 5.74) is -0.679. The van der Waals surface area contributed by atoms with Crippen LogP contribution in [0.4, 0.5) is 0 Å². The number of piperidine rings is 1. The van der Waals surface area contributed by atoms with Crippen LogP contribution < -0.4 is 5.32 Å². The van der Waals surface area contributed by atoms with Crippen LogP contribution in [0.25, 0.3) is 0 Å². The average Bonchev–Trinajstić information content (AvgIpc) is 2.19. The molecule has 0 spiro atoms. The van der Waals surface area contributed by atoms with Gasteiger partial charge in [-0.05, 0) is 26.3 Å². The summed E-state index contributed by atoms with van der Waals surface area (Å²) in [6.07, 6.45) is 0.665. The Balaban J connectivity index is 2.76. The van der Waals surface area contributed by atoms with E-state index in [1.54, 1.807) is 6.92 Å². The number of hydrogen-bond donors (Lipinski definition) is 2. The second kappa shape index (κ2) is 4.75. The monoisotopic (exact) mass is 201 g/mol. The molecule has 0 aromatic rings. The number of rotatable bonds is 3. The first-order valence-corrected chi connectivity index (χ1v) is 5.23. The van der Waals surface area contributed by atoms with E-state index in [2.05, 4.69) is 5.32 Å². The normalized spacial score (nSPS) is 32.6. The topological polar surface area (TPSA) is 58.6 Å². The SMILES string of the molecule is CCOC(=O)C1(CC)CCNCC1O. The predicted octanol–water partition coefficient (Wildman–Crippen LogP) is 0.300. The molecule has 2 atom stereocenters. The van der Waals surface area contributed by atoms with E-state index in [1.807, 2.05) is 6.92 Å². The molecule has 1 saturated heterocycles. The highest BCUT2D eigenvalue weighted by molar-refractivity contribution is 5.77. The van der Waals surface area contributed by atoms with E-state index in [-0.39, 0.29) is 5.97 Å². The van der Waals surface area contributed by atoms with Crippen LogP contribution in [-0.4, -0.2) is 36.9 Å². The summed E-state index contributed by atoms with van der Waals surface area (Å²) >= 11 is 0. The maximum absolute atomic E-state index is 11.8. The third-order valence-corrected chi connectivity index (χ3v) is 3.04. The van der Waals surface area contributed by atoms with Crippen molar-refractivity contribution >= 4 is 5.97 Å². The molecule has 2 unspecified atom stereocenters. The van der Waals surface area contributed by atoms with Crippen molar-refractivity contribution in [2.75, 3.05) is 19.7 Å². The van der Waals surface area contributed by atoms with E-state index < -0.39 is 11.5 Å². The number of carbonyl (C=O) groups excluding carboxylic acids is 1. The Kier molecular flexibility index (Phi) is 3.89. The van der Waals surface area contributed by atoms with Crippen LogP contribution in [0.1, 0.15) is 26.7 Å². The third kappa shape index (κ3) is 1.91. The Hall–Kier alpha value is -0.610. The lowest BCUT2D eigenvalue weighted by Gasteiger charge is -2.38. The van der Waals surface area contributed by atoms with E-state index in [4.69, 9.17) is 4.74 Å². The quantitative estimate of drug-likeness (QED) is 0.645. The fourth-order valence-electron chi connectivity index (χ4n) is 1.98. The van der Waals surface area contributed by atoms with Gasteiger partial charge in [-0.3, -0.25) is 4.79 Å². The summed E-state index contributed by atoms with van der Waals surface area (Å²) in [6.45, 7) is 5.33. The Morgan fingerprint density at radius 3 is 2.86 bits per heavy atom. The first-order chi connectivity index (χ1) is 6.67. The smallest absolute Gasteiger partial charge is 0.314 e. The van der Waals surface area contributed by atoms with Crippen molar-refractivity contribution in [1.82, 2.24) is 5.32 Å². The minimum atomic E-state index is -0.679. The van der Waals surface area contributed by atoms with Crippen LogP contribution in [-0.2, 0) is 9.53 Å². The van der Waals surface area contributed by atoms with Gasteiger partial charge in [-0.25, -0.2) is 0 Å². The third-order valence-electron chi connectivity index (χ3n) is 3.04. The van der Waals surface area contributed by atoms with Gasteiger partial charge < -0.3 is 15.2 Å². The van der Waals surface area contributed by atoms with Crippen LogP contribution in [0, 0.1) is 5.41 Å². The predicted molar refractivity (Wildman–Crippen MR) is 52.9 cm³/mol. The Morgan fingerprint density at radius 2 is 2.36 bits per heavy atom. The Bertz CT molecular complexity index is 208. The van der Waals surface area contributed by atoms with Crippen LogP contribution in [0.3, 0.4) is 0 Å². The minimum Gasteiger partial charge on any atom is -0.465 e. The van der Waals surface area contributed by atoms with Crippen molar-refractivity contribution in [2.24, 2.45) is 5.41 Å². The summed E-state index contributed by atoms with van der Waals surface area (Å²) in [7, 11) is 0. The van der Waals surface area contributed by atoms with Crippen molar-refractivity contribution in [3.8, 4) is 0 Å². The van der Waals surface area contributed by atoms with E-state index in [0.29, 0.717) is 26.0 Å². The van der Waals surface area contributed by atoms with Gasteiger partial charge in [-0.2, -0.15) is 0 Å². The maximum Gasteiger partial charge on any atom is 0.314 e. The van der Waals surface area contributed by atoms with Gasteiger partial charge in [-0.15, -0.1) is 0 Å². The lowest BCUT2D eigenvalue weighted by molar-refractivity contribution is -0.166. The van der Waals surface area contributed by atoms with Crippen molar-refractivity contribution in [2.45, 2.75) is 32.8 Å². The van der Waals surface area contributed by atoms with Crippen LogP contribution >= 0.6 is 0 Å². The number of nitrogens with one attached hydrogen (secondary N) is 1.